The number of rotatable bonds is 3. The van der Waals surface area contributed by atoms with Crippen molar-refractivity contribution >= 4 is 29.4 Å². The largest absolute Gasteiger partial charge is 0.473 e. The summed E-state index contributed by atoms with van der Waals surface area (Å²) in [5, 5.41) is 15.3. The average molecular weight is 473 g/mol. The van der Waals surface area contributed by atoms with Gasteiger partial charge >= 0.3 is 18.1 Å². The van der Waals surface area contributed by atoms with Crippen molar-refractivity contribution in [3.63, 3.8) is 0 Å². The molecule has 7 nitrogen and oxygen atoms in total. The van der Waals surface area contributed by atoms with Gasteiger partial charge in [-0.3, -0.25) is 9.69 Å². The van der Waals surface area contributed by atoms with Gasteiger partial charge in [0.25, 0.3) is 5.91 Å². The number of carbonyl (C=O) groups excluding carboxylic acids is 1. The lowest BCUT2D eigenvalue weighted by Crippen LogP contribution is -2.48. The minimum Gasteiger partial charge on any atom is -0.473 e. The van der Waals surface area contributed by atoms with Gasteiger partial charge in [-0.2, -0.15) is 13.2 Å². The van der Waals surface area contributed by atoms with Crippen LogP contribution in [0.25, 0.3) is 0 Å². The summed E-state index contributed by atoms with van der Waals surface area (Å²) >= 11 is 5.92. The van der Waals surface area contributed by atoms with E-state index >= 15 is 0 Å². The third kappa shape index (κ3) is 7.24. The summed E-state index contributed by atoms with van der Waals surface area (Å²) in [6, 6.07) is 12.4. The molecule has 2 aromatic carbocycles. The van der Waals surface area contributed by atoms with E-state index < -0.39 is 23.7 Å². The van der Waals surface area contributed by atoms with Crippen LogP contribution in [0.1, 0.15) is 21.5 Å². The van der Waals surface area contributed by atoms with Crippen LogP contribution in [0, 0.1) is 0 Å². The van der Waals surface area contributed by atoms with Gasteiger partial charge in [-0.15, -0.1) is 0 Å². The minimum absolute atomic E-state index is 0.108. The second kappa shape index (κ2) is 11.0. The Balaban J connectivity index is 0.000000534. The minimum atomic E-state index is -4.36. The van der Waals surface area contributed by atoms with Crippen molar-refractivity contribution in [3.8, 4) is 0 Å². The number of amides is 1. The predicted molar refractivity (Wildman–Crippen MR) is 109 cm³/mol. The number of halogens is 4. The maximum atomic E-state index is 13.1. The molecule has 0 radical (unpaired) electrons. The number of alkyl halides is 3. The molecule has 1 aliphatic rings. The lowest BCUT2D eigenvalue weighted by Gasteiger charge is -2.35. The number of hydrogen-bond acceptors (Lipinski definition) is 4. The maximum absolute atomic E-state index is 13.1. The quantitative estimate of drug-likeness (QED) is 0.664. The Labute approximate surface area is 186 Å². The molecule has 0 bridgehead atoms. The van der Waals surface area contributed by atoms with Crippen molar-refractivity contribution in [2.45, 2.75) is 12.7 Å². The van der Waals surface area contributed by atoms with Gasteiger partial charge in [0, 0.05) is 43.3 Å². The molecular weight excluding hydrogens is 453 g/mol. The molecule has 0 unspecified atom stereocenters. The Kier molecular flexibility index (Phi) is 8.62. The van der Waals surface area contributed by atoms with Crippen LogP contribution in [-0.2, 0) is 22.3 Å². The van der Waals surface area contributed by atoms with Crippen LogP contribution in [0.4, 0.5) is 13.2 Å². The number of nitrogens with zero attached hydrogens (tertiary/aromatic N) is 2. The highest BCUT2D eigenvalue weighted by Gasteiger charge is 2.33. The van der Waals surface area contributed by atoms with E-state index in [4.69, 9.17) is 31.4 Å². The molecule has 0 aliphatic carbocycles. The number of benzene rings is 2. The zero-order valence-corrected chi connectivity index (χ0v) is 17.4. The van der Waals surface area contributed by atoms with Gasteiger partial charge in [-0.25, -0.2) is 9.59 Å². The summed E-state index contributed by atoms with van der Waals surface area (Å²) in [4.78, 5) is 34.3. The smallest absolute Gasteiger partial charge is 0.416 e. The first-order valence-corrected chi connectivity index (χ1v) is 9.75. The van der Waals surface area contributed by atoms with Crippen LogP contribution in [0.3, 0.4) is 0 Å². The Morgan fingerprint density at radius 2 is 1.50 bits per heavy atom. The van der Waals surface area contributed by atoms with Crippen LogP contribution < -0.4 is 0 Å². The van der Waals surface area contributed by atoms with E-state index in [1.54, 1.807) is 35.2 Å². The number of carboxylic acid groups (broad SMARTS) is 2. The number of piperazine rings is 1. The lowest BCUT2D eigenvalue weighted by molar-refractivity contribution is -0.159. The first-order chi connectivity index (χ1) is 15.0. The third-order valence-electron chi connectivity index (χ3n) is 4.63. The van der Waals surface area contributed by atoms with Gasteiger partial charge in [0.1, 0.15) is 0 Å². The number of carboxylic acids is 2. The molecule has 1 fully saturated rings. The molecule has 1 saturated heterocycles. The van der Waals surface area contributed by atoms with Crippen LogP contribution in [-0.4, -0.2) is 64.0 Å². The van der Waals surface area contributed by atoms with E-state index in [0.717, 1.165) is 6.07 Å². The average Bonchev–Trinajstić information content (AvgIpc) is 2.74. The van der Waals surface area contributed by atoms with Crippen molar-refractivity contribution in [2.24, 2.45) is 0 Å². The van der Waals surface area contributed by atoms with E-state index in [0.29, 0.717) is 36.8 Å². The van der Waals surface area contributed by atoms with E-state index in [1.165, 1.54) is 12.1 Å². The number of aliphatic carboxylic acids is 2. The first kappa shape index (κ1) is 25.2. The van der Waals surface area contributed by atoms with Gasteiger partial charge in [0.05, 0.1) is 5.56 Å². The van der Waals surface area contributed by atoms with Crippen molar-refractivity contribution in [1.29, 1.82) is 0 Å². The zero-order chi connectivity index (χ0) is 23.9. The highest BCUT2D eigenvalue weighted by atomic mass is 35.5. The molecule has 0 aromatic heterocycles. The molecule has 32 heavy (non-hydrogen) atoms. The van der Waals surface area contributed by atoms with Crippen molar-refractivity contribution < 1.29 is 37.8 Å². The predicted octanol–water partition coefficient (Wildman–Crippen LogP) is 3.47. The Morgan fingerprint density at radius 1 is 0.906 bits per heavy atom. The Bertz CT molecular complexity index is 964. The topological polar surface area (TPSA) is 98.1 Å². The second-order valence-corrected chi connectivity index (χ2v) is 7.28. The molecule has 0 atom stereocenters. The maximum Gasteiger partial charge on any atom is 0.416 e. The Morgan fingerprint density at radius 3 is 2.03 bits per heavy atom. The van der Waals surface area contributed by atoms with Crippen LogP contribution in [0.5, 0.6) is 0 Å². The van der Waals surface area contributed by atoms with Gasteiger partial charge < -0.3 is 15.1 Å². The zero-order valence-electron chi connectivity index (χ0n) is 16.7. The second-order valence-electron chi connectivity index (χ2n) is 6.84. The molecule has 1 heterocycles. The van der Waals surface area contributed by atoms with Gasteiger partial charge in [-0.1, -0.05) is 35.9 Å². The molecular formula is C21H20ClF3N2O5. The molecule has 1 aliphatic heterocycles. The third-order valence-corrected chi connectivity index (χ3v) is 4.87. The monoisotopic (exact) mass is 472 g/mol. The summed E-state index contributed by atoms with van der Waals surface area (Å²) < 4.78 is 39.3. The standard InChI is InChI=1S/C19H18ClF3N2O.C2H2O4/c20-16-6-3-5-14(12-16)18(26)25-10-8-24(9-11-25)13-15-4-1-2-7-17(15)19(21,22)23;3-1(4)2(5)6/h1-7,12H,8-11,13H2;(H,3,4)(H,5,6). The van der Waals surface area contributed by atoms with E-state index in [1.807, 2.05) is 4.90 Å². The van der Waals surface area contributed by atoms with Gasteiger partial charge in [0.15, 0.2) is 0 Å². The summed E-state index contributed by atoms with van der Waals surface area (Å²) in [7, 11) is 0. The molecule has 2 N–H and O–H groups in total. The van der Waals surface area contributed by atoms with Crippen LogP contribution in [0.15, 0.2) is 48.5 Å². The van der Waals surface area contributed by atoms with Crippen molar-refractivity contribution in [2.75, 3.05) is 26.2 Å². The van der Waals surface area contributed by atoms with E-state index in [9.17, 15) is 18.0 Å². The normalized spacial score (nSPS) is 14.3. The van der Waals surface area contributed by atoms with Crippen molar-refractivity contribution in [1.82, 2.24) is 9.80 Å². The van der Waals surface area contributed by atoms with Crippen LogP contribution >= 0.6 is 11.6 Å². The number of hydrogen-bond donors (Lipinski definition) is 2. The first-order valence-electron chi connectivity index (χ1n) is 9.37. The summed E-state index contributed by atoms with van der Waals surface area (Å²) in [5.41, 5.74) is 0.181. The van der Waals surface area contributed by atoms with Gasteiger partial charge in [-0.05, 0) is 29.8 Å². The highest BCUT2D eigenvalue weighted by molar-refractivity contribution is 6.31. The fourth-order valence-electron chi connectivity index (χ4n) is 3.09. The lowest BCUT2D eigenvalue weighted by atomic mass is 10.1. The highest BCUT2D eigenvalue weighted by Crippen LogP contribution is 2.32. The fraction of sp³-hybridized carbons (Fsp3) is 0.286. The summed E-state index contributed by atoms with van der Waals surface area (Å²) in [6.45, 7) is 2.21. The molecule has 1 amide bonds. The van der Waals surface area contributed by atoms with E-state index in [2.05, 4.69) is 0 Å². The molecule has 3 rings (SSSR count). The van der Waals surface area contributed by atoms with Gasteiger partial charge in [0.2, 0.25) is 0 Å². The Hall–Kier alpha value is -3.11. The summed E-state index contributed by atoms with van der Waals surface area (Å²) in [6.07, 6.45) is -4.36. The molecule has 0 spiro atoms. The molecule has 172 valence electrons. The SMILES string of the molecule is O=C(O)C(=O)O.O=C(c1cccc(Cl)c1)N1CCN(Cc2ccccc2C(F)(F)F)CC1. The summed E-state index contributed by atoms with van der Waals surface area (Å²) in [5.74, 6) is -3.76. The molecule has 0 saturated carbocycles. The van der Waals surface area contributed by atoms with Crippen molar-refractivity contribution in [3.05, 3.63) is 70.2 Å². The van der Waals surface area contributed by atoms with E-state index in [-0.39, 0.29) is 18.0 Å². The fourth-order valence-corrected chi connectivity index (χ4v) is 3.28. The molecule has 2 aromatic rings. The number of carbonyl (C=O) groups is 3. The van der Waals surface area contributed by atoms with Crippen LogP contribution in [0.2, 0.25) is 5.02 Å². The molecule has 11 heteroatoms.